The van der Waals surface area contributed by atoms with Crippen LogP contribution in [0.25, 0.3) is 0 Å². The van der Waals surface area contributed by atoms with E-state index < -0.39 is 10.0 Å². The molecule has 4 nitrogen and oxygen atoms in total. The molecule has 0 saturated heterocycles. The van der Waals surface area contributed by atoms with Gasteiger partial charge in [-0.1, -0.05) is 37.3 Å². The zero-order valence-electron chi connectivity index (χ0n) is 11.3. The Morgan fingerprint density at radius 1 is 1.05 bits per heavy atom. The number of nitrogens with two attached hydrogens (primary N) is 1. The number of sulfonamides is 1. The Bertz CT molecular complexity index is 679. The maximum absolute atomic E-state index is 12.1. The van der Waals surface area contributed by atoms with Gasteiger partial charge in [0.05, 0.1) is 5.75 Å². The summed E-state index contributed by atoms with van der Waals surface area (Å²) in [6.45, 7) is 2.05. The molecule has 0 aliphatic heterocycles. The summed E-state index contributed by atoms with van der Waals surface area (Å²) in [6.07, 6.45) is 0.924. The van der Waals surface area contributed by atoms with Crippen molar-refractivity contribution in [3.63, 3.8) is 0 Å². The highest BCUT2D eigenvalue weighted by molar-refractivity contribution is 7.91. The molecule has 0 fully saturated rings. The zero-order chi connectivity index (χ0) is 14.6. The van der Waals surface area contributed by atoms with Gasteiger partial charge in [0.25, 0.3) is 0 Å². The van der Waals surface area contributed by atoms with E-state index in [9.17, 15) is 8.42 Å². The molecule has 0 atom stereocenters. The van der Waals surface area contributed by atoms with E-state index in [4.69, 9.17) is 5.73 Å². The van der Waals surface area contributed by atoms with Crippen LogP contribution in [0.15, 0.2) is 48.5 Å². The van der Waals surface area contributed by atoms with Crippen molar-refractivity contribution < 1.29 is 8.42 Å². The molecule has 0 amide bonds. The molecule has 2 aromatic carbocycles. The first kappa shape index (κ1) is 14.4. The number of nitrogen functional groups attached to an aromatic ring is 1. The molecule has 0 aliphatic carbocycles. The molecule has 5 heteroatoms. The number of aryl methyl sites for hydroxylation is 1. The average Bonchev–Trinajstić information content (AvgIpc) is 2.41. The third kappa shape index (κ3) is 3.74. The number of hydrogen-bond acceptors (Lipinski definition) is 3. The van der Waals surface area contributed by atoms with Gasteiger partial charge in [0, 0.05) is 11.4 Å². The Morgan fingerprint density at radius 3 is 2.30 bits per heavy atom. The van der Waals surface area contributed by atoms with Gasteiger partial charge in [-0.25, -0.2) is 8.42 Å². The Hall–Kier alpha value is -2.01. The van der Waals surface area contributed by atoms with Crippen molar-refractivity contribution in [1.29, 1.82) is 0 Å². The molecule has 0 aromatic heterocycles. The molecule has 20 heavy (non-hydrogen) atoms. The standard InChI is InChI=1S/C15H18N2O2S/c1-2-12-7-9-14(10-8-12)17-20(18,19)11-13-5-3-4-6-15(13)16/h3-10,17H,2,11,16H2,1H3. The van der Waals surface area contributed by atoms with E-state index in [1.54, 1.807) is 36.4 Å². The second-order valence-electron chi connectivity index (χ2n) is 4.61. The van der Waals surface area contributed by atoms with E-state index in [2.05, 4.69) is 11.6 Å². The summed E-state index contributed by atoms with van der Waals surface area (Å²) >= 11 is 0. The first-order valence-corrected chi connectivity index (χ1v) is 8.08. The fraction of sp³-hybridized carbons (Fsp3) is 0.200. The minimum Gasteiger partial charge on any atom is -0.398 e. The Kier molecular flexibility index (Phi) is 4.29. The number of anilines is 2. The van der Waals surface area contributed by atoms with E-state index in [1.165, 1.54) is 5.56 Å². The fourth-order valence-electron chi connectivity index (χ4n) is 1.89. The second-order valence-corrected chi connectivity index (χ2v) is 6.33. The molecule has 106 valence electrons. The molecule has 0 saturated carbocycles. The Morgan fingerprint density at radius 2 is 1.70 bits per heavy atom. The van der Waals surface area contributed by atoms with Crippen molar-refractivity contribution in [3.8, 4) is 0 Å². The monoisotopic (exact) mass is 290 g/mol. The predicted molar refractivity (Wildman–Crippen MR) is 82.9 cm³/mol. The maximum atomic E-state index is 12.1. The third-order valence-corrected chi connectivity index (χ3v) is 4.27. The number of benzene rings is 2. The number of hydrogen-bond donors (Lipinski definition) is 2. The van der Waals surface area contributed by atoms with E-state index in [0.717, 1.165) is 6.42 Å². The van der Waals surface area contributed by atoms with E-state index in [0.29, 0.717) is 16.9 Å². The molecule has 2 rings (SSSR count). The molecule has 0 heterocycles. The molecule has 0 unspecified atom stereocenters. The van der Waals surface area contributed by atoms with Crippen LogP contribution in [0.2, 0.25) is 0 Å². The van der Waals surface area contributed by atoms with Gasteiger partial charge in [0.15, 0.2) is 0 Å². The lowest BCUT2D eigenvalue weighted by Gasteiger charge is -2.10. The van der Waals surface area contributed by atoms with Gasteiger partial charge in [-0.15, -0.1) is 0 Å². The van der Waals surface area contributed by atoms with Gasteiger partial charge in [-0.05, 0) is 35.7 Å². The lowest BCUT2D eigenvalue weighted by molar-refractivity contribution is 0.600. The minimum absolute atomic E-state index is 0.130. The second kappa shape index (κ2) is 5.96. The summed E-state index contributed by atoms with van der Waals surface area (Å²) in [5.74, 6) is -0.130. The molecule has 0 bridgehead atoms. The molecule has 3 N–H and O–H groups in total. The fourth-order valence-corrected chi connectivity index (χ4v) is 3.13. The van der Waals surface area contributed by atoms with Crippen LogP contribution >= 0.6 is 0 Å². The lowest BCUT2D eigenvalue weighted by atomic mass is 10.2. The summed E-state index contributed by atoms with van der Waals surface area (Å²) in [4.78, 5) is 0. The SMILES string of the molecule is CCc1ccc(NS(=O)(=O)Cc2ccccc2N)cc1. The summed E-state index contributed by atoms with van der Waals surface area (Å²) in [7, 11) is -3.46. The Balaban J connectivity index is 2.13. The summed E-state index contributed by atoms with van der Waals surface area (Å²) in [6, 6.07) is 14.3. The van der Waals surface area contributed by atoms with Gasteiger partial charge in [-0.3, -0.25) is 4.72 Å². The first-order chi connectivity index (χ1) is 9.50. The van der Waals surface area contributed by atoms with Crippen LogP contribution in [-0.2, 0) is 22.2 Å². The van der Waals surface area contributed by atoms with Crippen LogP contribution in [0, 0.1) is 0 Å². The van der Waals surface area contributed by atoms with Crippen molar-refractivity contribution in [1.82, 2.24) is 0 Å². The molecule has 0 spiro atoms. The van der Waals surface area contributed by atoms with Crippen molar-refractivity contribution in [2.24, 2.45) is 0 Å². The Labute approximate surface area is 119 Å². The summed E-state index contributed by atoms with van der Waals surface area (Å²) in [5, 5.41) is 0. The molecule has 2 aromatic rings. The van der Waals surface area contributed by atoms with Gasteiger partial charge in [0.1, 0.15) is 0 Å². The predicted octanol–water partition coefficient (Wildman–Crippen LogP) is 2.77. The van der Waals surface area contributed by atoms with Crippen LogP contribution < -0.4 is 10.5 Å². The van der Waals surface area contributed by atoms with Gasteiger partial charge in [0.2, 0.25) is 10.0 Å². The summed E-state index contributed by atoms with van der Waals surface area (Å²) < 4.78 is 26.8. The average molecular weight is 290 g/mol. The number of rotatable bonds is 5. The lowest BCUT2D eigenvalue weighted by Crippen LogP contribution is -2.15. The largest absolute Gasteiger partial charge is 0.398 e. The van der Waals surface area contributed by atoms with Crippen LogP contribution in [-0.4, -0.2) is 8.42 Å². The van der Waals surface area contributed by atoms with Crippen LogP contribution in [0.4, 0.5) is 11.4 Å². The highest BCUT2D eigenvalue weighted by Gasteiger charge is 2.13. The minimum atomic E-state index is -3.46. The van der Waals surface area contributed by atoms with Crippen molar-refractivity contribution in [2.75, 3.05) is 10.5 Å². The van der Waals surface area contributed by atoms with Crippen molar-refractivity contribution in [3.05, 3.63) is 59.7 Å². The molecular formula is C15H18N2O2S. The highest BCUT2D eigenvalue weighted by Crippen LogP contribution is 2.17. The van der Waals surface area contributed by atoms with Crippen molar-refractivity contribution >= 4 is 21.4 Å². The third-order valence-electron chi connectivity index (χ3n) is 3.04. The van der Waals surface area contributed by atoms with E-state index in [-0.39, 0.29) is 5.75 Å². The van der Waals surface area contributed by atoms with E-state index in [1.807, 2.05) is 12.1 Å². The zero-order valence-corrected chi connectivity index (χ0v) is 12.2. The van der Waals surface area contributed by atoms with Crippen molar-refractivity contribution in [2.45, 2.75) is 19.1 Å². The van der Waals surface area contributed by atoms with Crippen LogP contribution in [0.1, 0.15) is 18.1 Å². The number of nitrogens with one attached hydrogen (secondary N) is 1. The summed E-state index contributed by atoms with van der Waals surface area (Å²) in [5.41, 5.74) is 8.59. The normalized spacial score (nSPS) is 11.2. The van der Waals surface area contributed by atoms with Gasteiger partial charge < -0.3 is 5.73 Å². The van der Waals surface area contributed by atoms with Gasteiger partial charge in [-0.2, -0.15) is 0 Å². The molecular weight excluding hydrogens is 272 g/mol. The topological polar surface area (TPSA) is 72.2 Å². The van der Waals surface area contributed by atoms with E-state index >= 15 is 0 Å². The van der Waals surface area contributed by atoms with Crippen LogP contribution in [0.5, 0.6) is 0 Å². The van der Waals surface area contributed by atoms with Gasteiger partial charge >= 0.3 is 0 Å². The quantitative estimate of drug-likeness (QED) is 0.832. The molecule has 0 radical (unpaired) electrons. The maximum Gasteiger partial charge on any atom is 0.236 e. The smallest absolute Gasteiger partial charge is 0.236 e. The molecule has 0 aliphatic rings. The van der Waals surface area contributed by atoms with Crippen LogP contribution in [0.3, 0.4) is 0 Å². The first-order valence-electron chi connectivity index (χ1n) is 6.43. The number of para-hydroxylation sites is 1. The highest BCUT2D eigenvalue weighted by atomic mass is 32.2.